The minimum Gasteiger partial charge on any atom is -0.455 e. The molecule has 34 heavy (non-hydrogen) atoms. The number of hydrogen-bond acceptors (Lipinski definition) is 5. The zero-order valence-electron chi connectivity index (χ0n) is 17.6. The first-order valence-corrected chi connectivity index (χ1v) is 11.6. The van der Waals surface area contributed by atoms with Crippen LogP contribution < -0.4 is 10.1 Å². The van der Waals surface area contributed by atoms with Gasteiger partial charge in [-0.3, -0.25) is 4.79 Å². The Morgan fingerprint density at radius 2 is 1.53 bits per heavy atom. The van der Waals surface area contributed by atoms with E-state index >= 15 is 0 Å². The van der Waals surface area contributed by atoms with Gasteiger partial charge in [0.1, 0.15) is 23.2 Å². The molecule has 0 spiro atoms. The molecule has 1 N–H and O–H groups in total. The molecular formula is C23H19F3N2O5S. The summed E-state index contributed by atoms with van der Waals surface area (Å²) in [6.45, 7) is 0.834. The van der Waals surface area contributed by atoms with Crippen molar-refractivity contribution < 1.29 is 35.9 Å². The molecule has 1 heterocycles. The number of anilines is 1. The summed E-state index contributed by atoms with van der Waals surface area (Å²) in [6.07, 6.45) is 0. The molecule has 0 aromatic heterocycles. The number of ether oxygens (including phenoxy) is 2. The summed E-state index contributed by atoms with van der Waals surface area (Å²) >= 11 is 0. The Hall–Kier alpha value is -3.41. The Bertz CT molecular complexity index is 1290. The van der Waals surface area contributed by atoms with Gasteiger partial charge in [-0.1, -0.05) is 0 Å². The number of benzene rings is 3. The van der Waals surface area contributed by atoms with Crippen LogP contribution in [0.1, 0.15) is 10.4 Å². The smallest absolute Gasteiger partial charge is 0.255 e. The van der Waals surface area contributed by atoms with Gasteiger partial charge < -0.3 is 14.8 Å². The van der Waals surface area contributed by atoms with Gasteiger partial charge in [0, 0.05) is 24.7 Å². The number of nitrogens with zero attached hydrogens (tertiary/aromatic N) is 1. The maximum atomic E-state index is 13.6. The minimum atomic E-state index is -3.92. The summed E-state index contributed by atoms with van der Waals surface area (Å²) in [7, 11) is -3.92. The molecule has 3 aromatic carbocycles. The van der Waals surface area contributed by atoms with Crippen LogP contribution in [0.25, 0.3) is 0 Å². The number of morpholine rings is 1. The number of carbonyl (C=O) groups excluding carboxylic acids is 1. The lowest BCUT2D eigenvalue weighted by atomic mass is 10.2. The van der Waals surface area contributed by atoms with Crippen LogP contribution in [0.15, 0.2) is 65.6 Å². The van der Waals surface area contributed by atoms with Crippen LogP contribution in [0, 0.1) is 17.5 Å². The van der Waals surface area contributed by atoms with Crippen LogP contribution in [0.5, 0.6) is 11.5 Å². The van der Waals surface area contributed by atoms with Gasteiger partial charge in [0.25, 0.3) is 5.91 Å². The van der Waals surface area contributed by atoms with Crippen LogP contribution in [0.4, 0.5) is 18.9 Å². The molecule has 1 aliphatic rings. The van der Waals surface area contributed by atoms with Crippen molar-refractivity contribution in [3.8, 4) is 11.5 Å². The van der Waals surface area contributed by atoms with Crippen molar-refractivity contribution in [2.75, 3.05) is 31.6 Å². The van der Waals surface area contributed by atoms with Crippen molar-refractivity contribution in [2.45, 2.75) is 4.90 Å². The highest BCUT2D eigenvalue weighted by Crippen LogP contribution is 2.33. The molecule has 178 valence electrons. The highest BCUT2D eigenvalue weighted by molar-refractivity contribution is 7.89. The third-order valence-corrected chi connectivity index (χ3v) is 6.87. The van der Waals surface area contributed by atoms with E-state index in [1.54, 1.807) is 0 Å². The van der Waals surface area contributed by atoms with Crippen LogP contribution >= 0.6 is 0 Å². The Labute approximate surface area is 193 Å². The molecule has 11 heteroatoms. The molecule has 7 nitrogen and oxygen atoms in total. The van der Waals surface area contributed by atoms with Crippen LogP contribution in [0.2, 0.25) is 0 Å². The molecule has 1 amide bonds. The molecule has 0 atom stereocenters. The fourth-order valence-corrected chi connectivity index (χ4v) is 4.74. The fourth-order valence-electron chi connectivity index (χ4n) is 3.30. The van der Waals surface area contributed by atoms with E-state index in [1.807, 2.05) is 0 Å². The molecule has 4 rings (SSSR count). The van der Waals surface area contributed by atoms with Gasteiger partial charge in [0.05, 0.1) is 23.8 Å². The van der Waals surface area contributed by atoms with Crippen molar-refractivity contribution in [1.29, 1.82) is 0 Å². The Morgan fingerprint density at radius 3 is 2.18 bits per heavy atom. The summed E-state index contributed by atoms with van der Waals surface area (Å²) < 4.78 is 78.7. The molecule has 0 radical (unpaired) electrons. The normalized spacial score (nSPS) is 14.6. The van der Waals surface area contributed by atoms with Gasteiger partial charge in [-0.25, -0.2) is 21.6 Å². The number of sulfonamides is 1. The highest BCUT2D eigenvalue weighted by Gasteiger charge is 2.27. The molecule has 1 saturated heterocycles. The van der Waals surface area contributed by atoms with E-state index in [0.29, 0.717) is 6.07 Å². The summed E-state index contributed by atoms with van der Waals surface area (Å²) in [5.41, 5.74) is -0.375. The second-order valence-electron chi connectivity index (χ2n) is 7.34. The topological polar surface area (TPSA) is 84.9 Å². The van der Waals surface area contributed by atoms with Crippen LogP contribution in [0.3, 0.4) is 0 Å². The second kappa shape index (κ2) is 9.84. The monoisotopic (exact) mass is 492 g/mol. The fraction of sp³-hybridized carbons (Fsp3) is 0.174. The zero-order chi connectivity index (χ0) is 24.3. The number of rotatable bonds is 6. The first kappa shape index (κ1) is 23.7. The van der Waals surface area contributed by atoms with E-state index in [4.69, 9.17) is 9.47 Å². The predicted octanol–water partition coefficient (Wildman–Crippen LogP) is 4.17. The van der Waals surface area contributed by atoms with E-state index in [2.05, 4.69) is 5.32 Å². The summed E-state index contributed by atoms with van der Waals surface area (Å²) in [5, 5.41) is 2.45. The minimum absolute atomic E-state index is 0.0396. The van der Waals surface area contributed by atoms with Crippen molar-refractivity contribution in [3.63, 3.8) is 0 Å². The quantitative estimate of drug-likeness (QED) is 0.559. The number of nitrogens with one attached hydrogen (secondary N) is 1. The van der Waals surface area contributed by atoms with E-state index in [1.165, 1.54) is 46.8 Å². The average molecular weight is 492 g/mol. The average Bonchev–Trinajstić information content (AvgIpc) is 2.81. The highest BCUT2D eigenvalue weighted by atomic mass is 32.2. The number of amides is 1. The molecular weight excluding hydrogens is 473 g/mol. The van der Waals surface area contributed by atoms with Gasteiger partial charge >= 0.3 is 0 Å². The van der Waals surface area contributed by atoms with E-state index in [-0.39, 0.29) is 53.9 Å². The summed E-state index contributed by atoms with van der Waals surface area (Å²) in [5.74, 6) is -3.01. The van der Waals surface area contributed by atoms with Gasteiger partial charge in [0.15, 0.2) is 5.75 Å². The number of halogens is 3. The zero-order valence-corrected chi connectivity index (χ0v) is 18.4. The summed E-state index contributed by atoms with van der Waals surface area (Å²) in [6, 6.07) is 11.2. The Balaban J connectivity index is 1.70. The lowest BCUT2D eigenvalue weighted by molar-refractivity contribution is 0.0730. The molecule has 1 fully saturated rings. The molecule has 1 aliphatic heterocycles. The van der Waals surface area contributed by atoms with Crippen molar-refractivity contribution in [2.24, 2.45) is 0 Å². The first-order chi connectivity index (χ1) is 16.2. The number of hydrogen-bond donors (Lipinski definition) is 1. The predicted molar refractivity (Wildman–Crippen MR) is 117 cm³/mol. The lowest BCUT2D eigenvalue weighted by Crippen LogP contribution is -2.40. The van der Waals surface area contributed by atoms with E-state index in [9.17, 15) is 26.4 Å². The molecule has 0 aliphatic carbocycles. The van der Waals surface area contributed by atoms with Crippen molar-refractivity contribution in [1.82, 2.24) is 4.31 Å². The summed E-state index contributed by atoms with van der Waals surface area (Å²) in [4.78, 5) is 12.6. The van der Waals surface area contributed by atoms with Crippen molar-refractivity contribution in [3.05, 3.63) is 83.7 Å². The van der Waals surface area contributed by atoms with Crippen LogP contribution in [-0.4, -0.2) is 44.9 Å². The van der Waals surface area contributed by atoms with Crippen molar-refractivity contribution >= 4 is 21.6 Å². The van der Waals surface area contributed by atoms with Gasteiger partial charge in [0.2, 0.25) is 10.0 Å². The lowest BCUT2D eigenvalue weighted by Gasteiger charge is -2.26. The third-order valence-electron chi connectivity index (χ3n) is 4.97. The Morgan fingerprint density at radius 1 is 0.882 bits per heavy atom. The standard InChI is InChI=1S/C23H19F3N2O5S/c24-16-1-3-19(4-2-16)33-22-6-5-20(34(30,31)28-7-9-32-10-8-28)14-21(22)27-23(29)15-11-17(25)13-18(26)12-15/h1-6,11-14H,7-10H2,(H,27,29). The second-order valence-corrected chi connectivity index (χ2v) is 9.28. The SMILES string of the molecule is O=C(Nc1cc(S(=O)(=O)N2CCOCC2)ccc1Oc1ccc(F)cc1)c1cc(F)cc(F)c1. The third kappa shape index (κ3) is 5.38. The first-order valence-electron chi connectivity index (χ1n) is 10.2. The molecule has 0 saturated carbocycles. The molecule has 3 aromatic rings. The maximum Gasteiger partial charge on any atom is 0.255 e. The molecule has 0 unspecified atom stereocenters. The van der Waals surface area contributed by atoms with Gasteiger partial charge in [-0.15, -0.1) is 0 Å². The Kier molecular flexibility index (Phi) is 6.87. The molecule has 0 bridgehead atoms. The van der Waals surface area contributed by atoms with E-state index in [0.717, 1.165) is 12.1 Å². The maximum absolute atomic E-state index is 13.6. The van der Waals surface area contributed by atoms with Gasteiger partial charge in [-0.05, 0) is 54.6 Å². The largest absolute Gasteiger partial charge is 0.455 e. The van der Waals surface area contributed by atoms with Crippen LogP contribution in [-0.2, 0) is 14.8 Å². The van der Waals surface area contributed by atoms with Gasteiger partial charge in [-0.2, -0.15) is 4.31 Å². The van der Waals surface area contributed by atoms with E-state index < -0.39 is 33.4 Å². The number of carbonyl (C=O) groups is 1.